The Hall–Kier alpha value is -3.23. The van der Waals surface area contributed by atoms with Crippen molar-refractivity contribution >= 4 is 64.1 Å². The molecule has 3 aromatic rings. The van der Waals surface area contributed by atoms with Crippen molar-refractivity contribution in [3.63, 3.8) is 0 Å². The summed E-state index contributed by atoms with van der Waals surface area (Å²) in [6.45, 7) is -0.00380. The number of amides is 2. The number of benzene rings is 3. The third-order valence-corrected chi connectivity index (χ3v) is 6.55. The lowest BCUT2D eigenvalue weighted by atomic mass is 10.1. The second-order valence-corrected chi connectivity index (χ2v) is 9.61. The van der Waals surface area contributed by atoms with Crippen LogP contribution in [0, 0.1) is 0 Å². The van der Waals surface area contributed by atoms with Crippen LogP contribution in [0.1, 0.15) is 32.7 Å². The van der Waals surface area contributed by atoms with Crippen molar-refractivity contribution in [3.8, 4) is 0 Å². The average molecular weight is 560 g/mol. The maximum Gasteiger partial charge on any atom is 0.338 e. The van der Waals surface area contributed by atoms with Crippen LogP contribution in [0.3, 0.4) is 0 Å². The standard InChI is InChI=1S/C27H21Cl3N2O5/c28-18-3-1-2-16(12-18)10-11-31-23-14-25(34)32(26(23)35)20-7-4-17(5-8-20)27(36)37-15-24(33)21-9-6-19(29)13-22(21)30/h1-9,12-13,23,31H,10-11,14-15H2. The van der Waals surface area contributed by atoms with Crippen LogP contribution in [0.25, 0.3) is 0 Å². The Labute approximate surface area is 228 Å². The molecule has 190 valence electrons. The van der Waals surface area contributed by atoms with Crippen LogP contribution in [0.15, 0.2) is 66.7 Å². The first-order chi connectivity index (χ1) is 17.7. The summed E-state index contributed by atoms with van der Waals surface area (Å²) in [6, 6.07) is 17.0. The van der Waals surface area contributed by atoms with Gasteiger partial charge in [0.2, 0.25) is 11.7 Å². The molecule has 3 aromatic carbocycles. The highest BCUT2D eigenvalue weighted by Gasteiger charge is 2.39. The Kier molecular flexibility index (Phi) is 8.61. The molecule has 37 heavy (non-hydrogen) atoms. The van der Waals surface area contributed by atoms with Gasteiger partial charge in [0, 0.05) is 15.6 Å². The summed E-state index contributed by atoms with van der Waals surface area (Å²) in [4.78, 5) is 51.2. The number of halogens is 3. The third kappa shape index (κ3) is 6.56. The van der Waals surface area contributed by atoms with Crippen molar-refractivity contribution in [2.45, 2.75) is 18.9 Å². The van der Waals surface area contributed by atoms with E-state index in [9.17, 15) is 19.2 Å². The Bertz CT molecular complexity index is 1360. The van der Waals surface area contributed by atoms with Crippen LogP contribution in [0.2, 0.25) is 15.1 Å². The molecule has 1 saturated heterocycles. The van der Waals surface area contributed by atoms with Crippen molar-refractivity contribution in [2.75, 3.05) is 18.1 Å². The lowest BCUT2D eigenvalue weighted by molar-refractivity contribution is -0.121. The summed E-state index contributed by atoms with van der Waals surface area (Å²) in [5.74, 6) is -1.92. The Morgan fingerprint density at radius 2 is 1.68 bits per heavy atom. The molecule has 1 N–H and O–H groups in total. The first-order valence-corrected chi connectivity index (χ1v) is 12.5. The minimum Gasteiger partial charge on any atom is -0.454 e. The fraction of sp³-hybridized carbons (Fsp3) is 0.185. The van der Waals surface area contributed by atoms with E-state index in [0.717, 1.165) is 10.5 Å². The summed E-state index contributed by atoms with van der Waals surface area (Å²) in [6.07, 6.45) is 0.690. The minimum absolute atomic E-state index is 0.0353. The van der Waals surface area contributed by atoms with Crippen molar-refractivity contribution in [1.29, 1.82) is 0 Å². The summed E-state index contributed by atoms with van der Waals surface area (Å²) in [7, 11) is 0. The number of hydrogen-bond donors (Lipinski definition) is 1. The molecule has 0 radical (unpaired) electrons. The van der Waals surface area contributed by atoms with Crippen LogP contribution in [-0.4, -0.2) is 42.8 Å². The van der Waals surface area contributed by atoms with E-state index in [0.29, 0.717) is 28.7 Å². The molecular formula is C27H21Cl3N2O5. The van der Waals surface area contributed by atoms with Gasteiger partial charge in [0.15, 0.2) is 6.61 Å². The largest absolute Gasteiger partial charge is 0.454 e. The predicted molar refractivity (Wildman–Crippen MR) is 142 cm³/mol. The van der Waals surface area contributed by atoms with E-state index in [1.54, 1.807) is 6.07 Å². The summed E-state index contributed by atoms with van der Waals surface area (Å²) >= 11 is 17.8. The predicted octanol–water partition coefficient (Wildman–Crippen LogP) is 5.15. The molecule has 7 nitrogen and oxygen atoms in total. The zero-order chi connectivity index (χ0) is 26.5. The van der Waals surface area contributed by atoms with Crippen LogP contribution in [0.5, 0.6) is 0 Å². The van der Waals surface area contributed by atoms with E-state index in [2.05, 4.69) is 5.32 Å². The van der Waals surface area contributed by atoms with Gasteiger partial charge < -0.3 is 10.1 Å². The van der Waals surface area contributed by atoms with E-state index in [1.165, 1.54) is 42.5 Å². The number of nitrogens with zero attached hydrogens (tertiary/aromatic N) is 1. The van der Waals surface area contributed by atoms with E-state index in [-0.39, 0.29) is 34.4 Å². The van der Waals surface area contributed by atoms with Crippen LogP contribution >= 0.6 is 34.8 Å². The number of anilines is 1. The number of carbonyl (C=O) groups excluding carboxylic acids is 4. The third-order valence-electron chi connectivity index (χ3n) is 5.77. The second kappa shape index (κ2) is 11.9. The SMILES string of the molecule is O=C(OCC(=O)c1ccc(Cl)cc1Cl)c1ccc(N2C(=O)CC(NCCc3cccc(Cl)c3)C2=O)cc1. The van der Waals surface area contributed by atoms with Gasteiger partial charge in [0.1, 0.15) is 0 Å². The lowest BCUT2D eigenvalue weighted by Crippen LogP contribution is -2.39. The van der Waals surface area contributed by atoms with E-state index in [1.807, 2.05) is 18.2 Å². The van der Waals surface area contributed by atoms with E-state index < -0.39 is 24.4 Å². The molecular weight excluding hydrogens is 539 g/mol. The molecule has 0 aliphatic carbocycles. The molecule has 0 aromatic heterocycles. The lowest BCUT2D eigenvalue weighted by Gasteiger charge is -2.16. The number of nitrogens with one attached hydrogen (secondary N) is 1. The number of imide groups is 1. The van der Waals surface area contributed by atoms with Gasteiger partial charge in [-0.05, 0) is 73.1 Å². The fourth-order valence-corrected chi connectivity index (χ4v) is 4.63. The zero-order valence-electron chi connectivity index (χ0n) is 19.4. The molecule has 0 spiro atoms. The highest BCUT2D eigenvalue weighted by atomic mass is 35.5. The molecule has 1 fully saturated rings. The van der Waals surface area contributed by atoms with Crippen LogP contribution in [-0.2, 0) is 20.7 Å². The van der Waals surface area contributed by atoms with E-state index >= 15 is 0 Å². The van der Waals surface area contributed by atoms with Crippen LogP contribution in [0.4, 0.5) is 5.69 Å². The van der Waals surface area contributed by atoms with Crippen molar-refractivity contribution < 1.29 is 23.9 Å². The topological polar surface area (TPSA) is 92.8 Å². The minimum atomic E-state index is -0.732. The number of ether oxygens (including phenoxy) is 1. The molecule has 1 unspecified atom stereocenters. The number of hydrogen-bond acceptors (Lipinski definition) is 6. The Morgan fingerprint density at radius 3 is 2.38 bits per heavy atom. The Morgan fingerprint density at radius 1 is 0.946 bits per heavy atom. The van der Waals surface area contributed by atoms with Gasteiger partial charge in [-0.3, -0.25) is 14.4 Å². The van der Waals surface area contributed by atoms with Crippen LogP contribution < -0.4 is 10.2 Å². The molecule has 1 atom stereocenters. The molecule has 4 rings (SSSR count). The highest BCUT2D eigenvalue weighted by Crippen LogP contribution is 2.24. The average Bonchev–Trinajstić information content (AvgIpc) is 3.15. The quantitative estimate of drug-likeness (QED) is 0.221. The van der Waals surface area contributed by atoms with E-state index in [4.69, 9.17) is 39.5 Å². The summed E-state index contributed by atoms with van der Waals surface area (Å²) in [5.41, 5.74) is 1.72. The van der Waals surface area contributed by atoms with Crippen molar-refractivity contribution in [1.82, 2.24) is 5.32 Å². The molecule has 1 heterocycles. The highest BCUT2D eigenvalue weighted by molar-refractivity contribution is 6.37. The maximum absolute atomic E-state index is 12.9. The van der Waals surface area contributed by atoms with Gasteiger partial charge in [-0.15, -0.1) is 0 Å². The molecule has 2 amide bonds. The van der Waals surface area contributed by atoms with Crippen molar-refractivity contribution in [2.24, 2.45) is 0 Å². The Balaban J connectivity index is 1.32. The molecule has 10 heteroatoms. The fourth-order valence-electron chi connectivity index (χ4n) is 3.90. The number of Topliss-reactive ketones (excluding diaryl/α,β-unsaturated/α-hetero) is 1. The smallest absolute Gasteiger partial charge is 0.338 e. The number of esters is 1. The summed E-state index contributed by atoms with van der Waals surface area (Å²) < 4.78 is 5.10. The van der Waals surface area contributed by atoms with Gasteiger partial charge >= 0.3 is 5.97 Å². The summed E-state index contributed by atoms with van der Waals surface area (Å²) in [5, 5.41) is 4.31. The first-order valence-electron chi connectivity index (χ1n) is 11.3. The normalized spacial score (nSPS) is 15.2. The van der Waals surface area contributed by atoms with Gasteiger partial charge in [-0.25, -0.2) is 9.69 Å². The number of ketones is 1. The monoisotopic (exact) mass is 558 g/mol. The van der Waals surface area contributed by atoms with Crippen molar-refractivity contribution in [3.05, 3.63) is 98.5 Å². The van der Waals surface area contributed by atoms with Gasteiger partial charge in [0.25, 0.3) is 5.91 Å². The number of rotatable bonds is 9. The van der Waals surface area contributed by atoms with Gasteiger partial charge in [-0.1, -0.05) is 46.9 Å². The zero-order valence-corrected chi connectivity index (χ0v) is 21.6. The maximum atomic E-state index is 12.9. The molecule has 1 aliphatic heterocycles. The molecule has 1 aliphatic rings. The van der Waals surface area contributed by atoms with Gasteiger partial charge in [-0.2, -0.15) is 0 Å². The molecule has 0 bridgehead atoms. The molecule has 0 saturated carbocycles. The number of carbonyl (C=O) groups is 4. The second-order valence-electron chi connectivity index (χ2n) is 8.33. The first kappa shape index (κ1) is 26.8. The van der Waals surface area contributed by atoms with Gasteiger partial charge in [0.05, 0.1) is 28.7 Å².